The van der Waals surface area contributed by atoms with Crippen LogP contribution in [0.4, 0.5) is 11.4 Å². The first-order valence-electron chi connectivity index (χ1n) is 5.43. The molecule has 8 heteroatoms. The summed E-state index contributed by atoms with van der Waals surface area (Å²) >= 11 is 11.7. The van der Waals surface area contributed by atoms with E-state index in [9.17, 15) is 4.79 Å². The van der Waals surface area contributed by atoms with Crippen molar-refractivity contribution in [3.63, 3.8) is 0 Å². The van der Waals surface area contributed by atoms with Crippen LogP contribution in [0.25, 0.3) is 0 Å². The summed E-state index contributed by atoms with van der Waals surface area (Å²) in [6.07, 6.45) is 1.20. The average Bonchev–Trinajstić information content (AvgIpc) is 2.42. The lowest BCUT2D eigenvalue weighted by atomic mass is 10.1. The molecule has 0 saturated heterocycles. The third-order valence-electron chi connectivity index (χ3n) is 2.42. The van der Waals surface area contributed by atoms with Crippen LogP contribution in [-0.2, 0) is 0 Å². The van der Waals surface area contributed by atoms with E-state index in [2.05, 4.69) is 15.3 Å². The van der Waals surface area contributed by atoms with Gasteiger partial charge in [-0.1, -0.05) is 23.2 Å². The Morgan fingerprint density at radius 1 is 1.25 bits per heavy atom. The van der Waals surface area contributed by atoms with Crippen molar-refractivity contribution >= 4 is 40.5 Å². The van der Waals surface area contributed by atoms with E-state index in [1.54, 1.807) is 6.07 Å². The largest absolute Gasteiger partial charge is 0.497 e. The summed E-state index contributed by atoms with van der Waals surface area (Å²) in [7, 11) is 1.48. The molecule has 0 fully saturated rings. The number of carbonyl (C=O) groups is 1. The summed E-state index contributed by atoms with van der Waals surface area (Å²) in [5.41, 5.74) is 6.53. The highest BCUT2D eigenvalue weighted by Crippen LogP contribution is 2.27. The van der Waals surface area contributed by atoms with Crippen molar-refractivity contribution in [3.05, 3.63) is 40.4 Å². The molecule has 0 aliphatic rings. The predicted octanol–water partition coefficient (Wildman–Crippen LogP) is 2.63. The van der Waals surface area contributed by atoms with Crippen LogP contribution in [0.2, 0.25) is 10.3 Å². The normalized spacial score (nSPS) is 10.2. The number of methoxy groups -OCH3 is 1. The number of nitrogens with one attached hydrogen (secondary N) is 1. The van der Waals surface area contributed by atoms with Crippen molar-refractivity contribution in [2.24, 2.45) is 0 Å². The van der Waals surface area contributed by atoms with E-state index in [1.807, 2.05) is 0 Å². The summed E-state index contributed by atoms with van der Waals surface area (Å²) in [5, 5.41) is 2.63. The maximum absolute atomic E-state index is 12.1. The van der Waals surface area contributed by atoms with Crippen molar-refractivity contribution in [2.45, 2.75) is 0 Å². The molecule has 1 aromatic heterocycles. The van der Waals surface area contributed by atoms with Gasteiger partial charge < -0.3 is 15.8 Å². The molecule has 3 N–H and O–H groups in total. The third kappa shape index (κ3) is 3.09. The number of nitrogen functional groups attached to an aromatic ring is 1. The Bertz CT molecular complexity index is 644. The zero-order valence-corrected chi connectivity index (χ0v) is 11.9. The van der Waals surface area contributed by atoms with Gasteiger partial charge in [-0.2, -0.15) is 0 Å². The van der Waals surface area contributed by atoms with Gasteiger partial charge in [-0.3, -0.25) is 4.79 Å². The van der Waals surface area contributed by atoms with Gasteiger partial charge in [0.25, 0.3) is 5.91 Å². The van der Waals surface area contributed by atoms with Gasteiger partial charge in [0.05, 0.1) is 7.11 Å². The fourth-order valence-electron chi connectivity index (χ4n) is 1.50. The summed E-state index contributed by atoms with van der Waals surface area (Å²) in [6, 6.07) is 4.64. The van der Waals surface area contributed by atoms with Crippen molar-refractivity contribution in [3.8, 4) is 5.75 Å². The molecule has 1 amide bonds. The van der Waals surface area contributed by atoms with Crippen LogP contribution in [0.5, 0.6) is 5.75 Å². The molecule has 1 heterocycles. The maximum atomic E-state index is 12.1. The highest BCUT2D eigenvalue weighted by molar-refractivity contribution is 6.38. The summed E-state index contributed by atoms with van der Waals surface area (Å²) in [6.45, 7) is 0. The van der Waals surface area contributed by atoms with Gasteiger partial charge in [-0.05, 0) is 12.1 Å². The first-order valence-corrected chi connectivity index (χ1v) is 6.18. The molecule has 0 aliphatic heterocycles. The zero-order valence-electron chi connectivity index (χ0n) is 10.4. The van der Waals surface area contributed by atoms with E-state index >= 15 is 0 Å². The molecule has 0 saturated carbocycles. The first-order chi connectivity index (χ1) is 9.51. The number of nitrogens with zero attached hydrogens (tertiary/aromatic N) is 2. The van der Waals surface area contributed by atoms with Crippen molar-refractivity contribution in [1.29, 1.82) is 0 Å². The molecule has 0 atom stereocenters. The second-order valence-corrected chi connectivity index (χ2v) is 4.50. The summed E-state index contributed by atoms with van der Waals surface area (Å²) in [5.74, 6) is 0.0193. The van der Waals surface area contributed by atoms with Crippen LogP contribution in [0.15, 0.2) is 24.5 Å². The Labute approximate surface area is 124 Å². The number of hydrogen-bond donors (Lipinski definition) is 2. The zero-order chi connectivity index (χ0) is 14.7. The molecule has 6 nitrogen and oxygen atoms in total. The van der Waals surface area contributed by atoms with Gasteiger partial charge in [0, 0.05) is 17.3 Å². The Morgan fingerprint density at radius 3 is 2.50 bits per heavy atom. The van der Waals surface area contributed by atoms with Gasteiger partial charge in [0.15, 0.2) is 10.3 Å². The fraction of sp³-hybridized carbons (Fsp3) is 0.0833. The smallest absolute Gasteiger partial charge is 0.256 e. The number of rotatable bonds is 3. The number of benzene rings is 1. The average molecular weight is 313 g/mol. The number of ether oxygens (including phenoxy) is 1. The van der Waals surface area contributed by atoms with E-state index in [0.717, 1.165) is 0 Å². The molecule has 0 unspecified atom stereocenters. The van der Waals surface area contributed by atoms with E-state index in [-0.39, 0.29) is 16.0 Å². The molecule has 2 rings (SSSR count). The van der Waals surface area contributed by atoms with Crippen LogP contribution in [0.3, 0.4) is 0 Å². The lowest BCUT2D eigenvalue weighted by molar-refractivity contribution is 0.102. The molecular formula is C12H10Cl2N4O2. The Balaban J connectivity index is 2.31. The topological polar surface area (TPSA) is 90.1 Å². The van der Waals surface area contributed by atoms with E-state index < -0.39 is 5.91 Å². The molecule has 2 aromatic rings. The maximum Gasteiger partial charge on any atom is 0.256 e. The second-order valence-electron chi connectivity index (χ2n) is 3.78. The van der Waals surface area contributed by atoms with Crippen molar-refractivity contribution < 1.29 is 9.53 Å². The predicted molar refractivity (Wildman–Crippen MR) is 77.4 cm³/mol. The number of hydrogen-bond acceptors (Lipinski definition) is 5. The van der Waals surface area contributed by atoms with Crippen LogP contribution in [-0.4, -0.2) is 23.0 Å². The number of halogens is 2. The minimum Gasteiger partial charge on any atom is -0.497 e. The van der Waals surface area contributed by atoms with Crippen LogP contribution < -0.4 is 15.8 Å². The number of anilines is 2. The van der Waals surface area contributed by atoms with Gasteiger partial charge in [-0.15, -0.1) is 0 Å². The van der Waals surface area contributed by atoms with Crippen molar-refractivity contribution in [1.82, 2.24) is 9.97 Å². The molecule has 0 spiro atoms. The third-order valence-corrected chi connectivity index (χ3v) is 2.99. The van der Waals surface area contributed by atoms with E-state index in [4.69, 9.17) is 33.7 Å². The van der Waals surface area contributed by atoms with Crippen LogP contribution >= 0.6 is 23.2 Å². The number of aromatic nitrogens is 2. The SMILES string of the molecule is COc1cc(N)cc(C(=O)Nc2c(Cl)ncnc2Cl)c1. The summed E-state index contributed by atoms with van der Waals surface area (Å²) in [4.78, 5) is 19.6. The van der Waals surface area contributed by atoms with E-state index in [1.165, 1.54) is 25.6 Å². The van der Waals surface area contributed by atoms with Crippen LogP contribution in [0.1, 0.15) is 10.4 Å². The number of nitrogens with two attached hydrogens (primary N) is 1. The Morgan fingerprint density at radius 2 is 1.90 bits per heavy atom. The molecular weight excluding hydrogens is 303 g/mol. The van der Waals surface area contributed by atoms with Gasteiger partial charge in [0.2, 0.25) is 0 Å². The van der Waals surface area contributed by atoms with Gasteiger partial charge in [-0.25, -0.2) is 9.97 Å². The minimum absolute atomic E-state index is 0.0502. The monoisotopic (exact) mass is 312 g/mol. The lowest BCUT2D eigenvalue weighted by Gasteiger charge is -2.09. The highest BCUT2D eigenvalue weighted by Gasteiger charge is 2.14. The fourth-order valence-corrected chi connectivity index (χ4v) is 1.91. The molecule has 20 heavy (non-hydrogen) atoms. The molecule has 0 radical (unpaired) electrons. The highest BCUT2D eigenvalue weighted by atomic mass is 35.5. The van der Waals surface area contributed by atoms with Crippen LogP contribution in [0, 0.1) is 0 Å². The minimum atomic E-state index is -0.450. The Kier molecular flexibility index (Phi) is 4.26. The molecule has 0 aliphatic carbocycles. The van der Waals surface area contributed by atoms with Gasteiger partial charge in [0.1, 0.15) is 17.8 Å². The second kappa shape index (κ2) is 5.94. The Hall–Kier alpha value is -2.05. The lowest BCUT2D eigenvalue weighted by Crippen LogP contribution is -2.14. The first kappa shape index (κ1) is 14.4. The standard InChI is InChI=1S/C12H10Cl2N4O2/c1-20-8-3-6(2-7(15)4-8)12(19)18-9-10(13)16-5-17-11(9)14/h2-5H,15H2,1H3,(H,18,19). The number of carbonyl (C=O) groups excluding carboxylic acids is 1. The van der Waals surface area contributed by atoms with Crippen molar-refractivity contribution in [2.75, 3.05) is 18.2 Å². The summed E-state index contributed by atoms with van der Waals surface area (Å²) < 4.78 is 5.05. The molecule has 1 aromatic carbocycles. The molecule has 0 bridgehead atoms. The quantitative estimate of drug-likeness (QED) is 0.671. The molecule has 104 valence electrons. The van der Waals surface area contributed by atoms with E-state index in [0.29, 0.717) is 17.0 Å². The number of amides is 1. The van der Waals surface area contributed by atoms with Gasteiger partial charge >= 0.3 is 0 Å².